The van der Waals surface area contributed by atoms with Crippen LogP contribution in [0.15, 0.2) is 37.1 Å². The highest BCUT2D eigenvalue weighted by molar-refractivity contribution is 7.99. The molecular weight excluding hydrogens is 306 g/mol. The van der Waals surface area contributed by atoms with Crippen molar-refractivity contribution in [3.8, 4) is 17.0 Å². The molecule has 3 N–H and O–H groups in total. The molecule has 116 valence electrons. The Labute approximate surface area is 131 Å². The average molecular weight is 321 g/mol. The summed E-state index contributed by atoms with van der Waals surface area (Å²) < 4.78 is 5.68. The molecule has 3 rings (SSSR count). The normalized spacial score (nSPS) is 28.3. The van der Waals surface area contributed by atoms with Gasteiger partial charge in [-0.2, -0.15) is 0 Å². The van der Waals surface area contributed by atoms with E-state index < -0.39 is 23.7 Å². The lowest BCUT2D eigenvalue weighted by atomic mass is 10.1. The van der Waals surface area contributed by atoms with Crippen LogP contribution in [0.4, 0.5) is 0 Å². The van der Waals surface area contributed by atoms with Gasteiger partial charge in [0.1, 0.15) is 18.0 Å². The van der Waals surface area contributed by atoms with Gasteiger partial charge in [-0.25, -0.2) is 0 Å². The second-order valence-corrected chi connectivity index (χ2v) is 6.00. The first-order valence-electron chi connectivity index (χ1n) is 6.69. The van der Waals surface area contributed by atoms with Crippen LogP contribution in [0.5, 0.6) is 5.75 Å². The van der Waals surface area contributed by atoms with Crippen LogP contribution in [0.3, 0.4) is 0 Å². The third-order valence-corrected chi connectivity index (χ3v) is 4.52. The fourth-order valence-corrected chi connectivity index (χ4v) is 3.21. The Morgan fingerprint density at radius 3 is 2.68 bits per heavy atom. The van der Waals surface area contributed by atoms with E-state index in [1.165, 1.54) is 18.0 Å². The zero-order chi connectivity index (χ0) is 15.5. The van der Waals surface area contributed by atoms with E-state index in [0.717, 1.165) is 5.56 Å². The summed E-state index contributed by atoms with van der Waals surface area (Å²) in [6, 6.07) is 1.74. The molecule has 3 heterocycles. The topological polar surface area (TPSA) is 109 Å². The largest absolute Gasteiger partial charge is 0.475 e. The second kappa shape index (κ2) is 6.57. The molecule has 1 aliphatic heterocycles. The van der Waals surface area contributed by atoms with Crippen molar-refractivity contribution >= 4 is 11.8 Å². The van der Waals surface area contributed by atoms with Crippen LogP contribution in [0, 0.1) is 0 Å². The first-order chi connectivity index (χ1) is 10.6. The summed E-state index contributed by atoms with van der Waals surface area (Å²) in [5.41, 5.74) is 0.728. The predicted octanol–water partition coefficient (Wildman–Crippen LogP) is 0.0730. The van der Waals surface area contributed by atoms with Gasteiger partial charge in [0.2, 0.25) is 0 Å². The number of hydrogen-bond donors (Lipinski definition) is 3. The van der Waals surface area contributed by atoms with Crippen LogP contribution in [-0.4, -0.2) is 59.8 Å². The number of pyridine rings is 1. The maximum absolute atomic E-state index is 9.96. The summed E-state index contributed by atoms with van der Waals surface area (Å²) in [4.78, 5) is 12.3. The van der Waals surface area contributed by atoms with Crippen molar-refractivity contribution in [1.82, 2.24) is 15.0 Å². The molecule has 0 saturated carbocycles. The Morgan fingerprint density at radius 1 is 1.05 bits per heavy atom. The summed E-state index contributed by atoms with van der Waals surface area (Å²) in [6.45, 7) is 0. The molecule has 0 radical (unpaired) electrons. The van der Waals surface area contributed by atoms with Crippen molar-refractivity contribution in [3.63, 3.8) is 0 Å². The van der Waals surface area contributed by atoms with Gasteiger partial charge >= 0.3 is 0 Å². The smallest absolute Gasteiger partial charge is 0.173 e. The molecule has 0 aromatic carbocycles. The molecule has 8 heteroatoms. The third kappa shape index (κ3) is 3.20. The van der Waals surface area contributed by atoms with Gasteiger partial charge in [-0.15, -0.1) is 11.8 Å². The molecule has 0 unspecified atom stereocenters. The van der Waals surface area contributed by atoms with Crippen LogP contribution >= 0.6 is 11.8 Å². The molecule has 2 aromatic heterocycles. The highest BCUT2D eigenvalue weighted by atomic mass is 32.2. The number of rotatable bonds is 3. The summed E-state index contributed by atoms with van der Waals surface area (Å²) in [5, 5.41) is 29.2. The summed E-state index contributed by atoms with van der Waals surface area (Å²) >= 11 is 1.24. The van der Waals surface area contributed by atoms with Gasteiger partial charge in [0.25, 0.3) is 0 Å². The standard InChI is InChI=1S/C14H15N3O4S/c18-11-7-22-14(13(20)12(11)19)21-9-3-8(4-16-5-9)10-6-15-1-2-17-10/h1-6,11-14,18-20H,7H2/t11-,12+,13-,14+/m1/s1. The number of aromatic nitrogens is 3. The van der Waals surface area contributed by atoms with Crippen molar-refractivity contribution in [1.29, 1.82) is 0 Å². The molecule has 1 fully saturated rings. The van der Waals surface area contributed by atoms with Crippen molar-refractivity contribution in [2.75, 3.05) is 5.75 Å². The van der Waals surface area contributed by atoms with Crippen LogP contribution in [0.25, 0.3) is 11.3 Å². The first kappa shape index (κ1) is 15.2. The summed E-state index contributed by atoms with van der Waals surface area (Å²) in [7, 11) is 0. The number of nitrogens with zero attached hydrogens (tertiary/aromatic N) is 3. The lowest BCUT2D eigenvalue weighted by Crippen LogP contribution is -2.50. The zero-order valence-corrected chi connectivity index (χ0v) is 12.3. The Kier molecular flexibility index (Phi) is 4.53. The van der Waals surface area contributed by atoms with E-state index in [9.17, 15) is 15.3 Å². The Hall–Kier alpha value is -1.74. The van der Waals surface area contributed by atoms with Crippen molar-refractivity contribution in [2.45, 2.75) is 23.7 Å². The van der Waals surface area contributed by atoms with E-state index in [2.05, 4.69) is 15.0 Å². The van der Waals surface area contributed by atoms with Crippen LogP contribution in [0.2, 0.25) is 0 Å². The van der Waals surface area contributed by atoms with E-state index in [4.69, 9.17) is 4.74 Å². The highest BCUT2D eigenvalue weighted by Gasteiger charge is 2.38. The van der Waals surface area contributed by atoms with Gasteiger partial charge in [0.15, 0.2) is 5.44 Å². The fourth-order valence-electron chi connectivity index (χ4n) is 2.09. The third-order valence-electron chi connectivity index (χ3n) is 3.28. The molecule has 7 nitrogen and oxygen atoms in total. The Morgan fingerprint density at radius 2 is 1.91 bits per heavy atom. The van der Waals surface area contributed by atoms with Gasteiger partial charge in [-0.1, -0.05) is 0 Å². The van der Waals surface area contributed by atoms with E-state index in [-0.39, 0.29) is 0 Å². The molecule has 0 bridgehead atoms. The average Bonchev–Trinajstić information content (AvgIpc) is 2.57. The van der Waals surface area contributed by atoms with Gasteiger partial charge in [0.05, 0.1) is 24.2 Å². The van der Waals surface area contributed by atoms with Gasteiger partial charge < -0.3 is 20.1 Å². The number of aliphatic hydroxyl groups excluding tert-OH is 3. The molecule has 2 aromatic rings. The number of ether oxygens (including phenoxy) is 1. The minimum absolute atomic E-state index is 0.292. The SMILES string of the molecule is O[C@@H]1[C@@H](O)[C@@H](Oc2cncc(-c3cnccn3)c2)SC[C@H]1O. The number of aliphatic hydroxyl groups is 3. The van der Waals surface area contributed by atoms with Gasteiger partial charge in [0, 0.05) is 29.9 Å². The summed E-state index contributed by atoms with van der Waals surface area (Å²) in [6.07, 6.45) is 4.59. The van der Waals surface area contributed by atoms with Crippen molar-refractivity contribution in [3.05, 3.63) is 37.1 Å². The van der Waals surface area contributed by atoms with Crippen molar-refractivity contribution in [2.24, 2.45) is 0 Å². The predicted molar refractivity (Wildman–Crippen MR) is 80.2 cm³/mol. The lowest BCUT2D eigenvalue weighted by Gasteiger charge is -2.34. The lowest BCUT2D eigenvalue weighted by molar-refractivity contribution is -0.0786. The molecular formula is C14H15N3O4S. The number of thioether (sulfide) groups is 1. The van der Waals surface area contributed by atoms with Crippen LogP contribution in [-0.2, 0) is 0 Å². The molecule has 1 aliphatic rings. The Balaban J connectivity index is 1.76. The second-order valence-electron chi connectivity index (χ2n) is 4.87. The van der Waals surface area contributed by atoms with Gasteiger partial charge in [-0.3, -0.25) is 15.0 Å². The van der Waals surface area contributed by atoms with Crippen LogP contribution < -0.4 is 4.74 Å². The zero-order valence-electron chi connectivity index (χ0n) is 11.5. The maximum Gasteiger partial charge on any atom is 0.173 e. The van der Waals surface area contributed by atoms with E-state index in [1.54, 1.807) is 30.9 Å². The highest BCUT2D eigenvalue weighted by Crippen LogP contribution is 2.30. The van der Waals surface area contributed by atoms with Gasteiger partial charge in [-0.05, 0) is 6.07 Å². The number of hydrogen-bond acceptors (Lipinski definition) is 8. The minimum atomic E-state index is -1.22. The Bertz CT molecular complexity index is 630. The molecule has 22 heavy (non-hydrogen) atoms. The maximum atomic E-state index is 9.96. The minimum Gasteiger partial charge on any atom is -0.475 e. The first-order valence-corrected chi connectivity index (χ1v) is 7.74. The summed E-state index contributed by atoms with van der Waals surface area (Å²) in [5.74, 6) is 0.739. The van der Waals surface area contributed by atoms with E-state index in [1.807, 2.05) is 0 Å². The molecule has 0 aliphatic carbocycles. The van der Waals surface area contributed by atoms with Crippen LogP contribution in [0.1, 0.15) is 0 Å². The molecule has 0 spiro atoms. The quantitative estimate of drug-likeness (QED) is 0.729. The molecule has 4 atom stereocenters. The van der Waals surface area contributed by atoms with Crippen molar-refractivity contribution < 1.29 is 20.1 Å². The molecule has 0 amide bonds. The van der Waals surface area contributed by atoms with E-state index >= 15 is 0 Å². The van der Waals surface area contributed by atoms with E-state index in [0.29, 0.717) is 17.2 Å². The molecule has 1 saturated heterocycles. The fraction of sp³-hybridized carbons (Fsp3) is 0.357. The monoisotopic (exact) mass is 321 g/mol.